The van der Waals surface area contributed by atoms with E-state index in [1.165, 1.54) is 0 Å². The van der Waals surface area contributed by atoms with Crippen molar-refractivity contribution in [2.75, 3.05) is 0 Å². The summed E-state index contributed by atoms with van der Waals surface area (Å²) in [5.41, 5.74) is 2.28. The van der Waals surface area contributed by atoms with Crippen molar-refractivity contribution < 1.29 is 4.42 Å². The molecule has 0 aliphatic heterocycles. The van der Waals surface area contributed by atoms with Crippen molar-refractivity contribution in [3.63, 3.8) is 0 Å². The first-order valence-electron chi connectivity index (χ1n) is 7.43. The molecule has 0 aliphatic carbocycles. The van der Waals surface area contributed by atoms with Crippen molar-refractivity contribution in [3.8, 4) is 5.82 Å². The number of rotatable bonds is 1. The molecule has 0 saturated heterocycles. The van der Waals surface area contributed by atoms with Crippen molar-refractivity contribution in [2.24, 2.45) is 0 Å². The summed E-state index contributed by atoms with van der Waals surface area (Å²) in [5.74, 6) is 0.549. The smallest absolute Gasteiger partial charge is 0.347 e. The number of fused-ring (bicyclic) bond motifs is 4. The fraction of sp³-hybridized carbons (Fsp3) is 0. The van der Waals surface area contributed by atoms with E-state index in [1.807, 2.05) is 42.5 Å². The molecule has 0 spiro atoms. The molecular formula is C18H10N4O2. The van der Waals surface area contributed by atoms with Crippen LogP contribution >= 0.6 is 0 Å². The molecule has 6 nitrogen and oxygen atoms in total. The fourth-order valence-corrected chi connectivity index (χ4v) is 2.80. The standard InChI is InChI=1S/C18H10N4O2/c23-18-12-10-22(16-9-19-13-6-2-3-7-14(13)20-16)21-17(12)11-5-1-4-8-15(11)24-18/h1-10H. The molecule has 2 aromatic carbocycles. The molecule has 24 heavy (non-hydrogen) atoms. The van der Waals surface area contributed by atoms with Gasteiger partial charge >= 0.3 is 5.63 Å². The summed E-state index contributed by atoms with van der Waals surface area (Å²) >= 11 is 0. The van der Waals surface area contributed by atoms with Crippen LogP contribution in [-0.4, -0.2) is 19.7 Å². The van der Waals surface area contributed by atoms with Gasteiger partial charge < -0.3 is 4.42 Å². The number of benzene rings is 2. The van der Waals surface area contributed by atoms with Gasteiger partial charge in [0.1, 0.15) is 16.5 Å². The molecule has 3 aromatic heterocycles. The Labute approximate surface area is 135 Å². The molecule has 0 N–H and O–H groups in total. The van der Waals surface area contributed by atoms with E-state index in [0.29, 0.717) is 22.3 Å². The van der Waals surface area contributed by atoms with Crippen LogP contribution in [0.3, 0.4) is 0 Å². The third kappa shape index (κ3) is 1.83. The van der Waals surface area contributed by atoms with Crippen molar-refractivity contribution in [3.05, 3.63) is 71.3 Å². The maximum absolute atomic E-state index is 12.2. The summed E-state index contributed by atoms with van der Waals surface area (Å²) in [6, 6.07) is 14.9. The van der Waals surface area contributed by atoms with Crippen LogP contribution < -0.4 is 5.63 Å². The summed E-state index contributed by atoms with van der Waals surface area (Å²) in [7, 11) is 0. The highest BCUT2D eigenvalue weighted by atomic mass is 16.4. The van der Waals surface area contributed by atoms with Gasteiger partial charge in [-0.05, 0) is 24.3 Å². The van der Waals surface area contributed by atoms with Crippen LogP contribution in [0.4, 0.5) is 0 Å². The monoisotopic (exact) mass is 314 g/mol. The highest BCUT2D eigenvalue weighted by Crippen LogP contribution is 2.22. The SMILES string of the molecule is O=c1oc2ccccc2c2nn(-c3cnc4ccccc4n3)cc12. The molecule has 5 rings (SSSR count). The van der Waals surface area contributed by atoms with Crippen molar-refractivity contribution in [2.45, 2.75) is 0 Å². The van der Waals surface area contributed by atoms with E-state index in [0.717, 1.165) is 16.4 Å². The van der Waals surface area contributed by atoms with Gasteiger partial charge in [-0.3, -0.25) is 4.98 Å². The van der Waals surface area contributed by atoms with Gasteiger partial charge in [0.25, 0.3) is 0 Å². The van der Waals surface area contributed by atoms with Crippen molar-refractivity contribution >= 4 is 32.9 Å². The van der Waals surface area contributed by atoms with Gasteiger partial charge in [0.05, 0.1) is 17.2 Å². The van der Waals surface area contributed by atoms with Gasteiger partial charge in [-0.25, -0.2) is 14.5 Å². The third-order valence-electron chi connectivity index (χ3n) is 3.95. The predicted molar refractivity (Wildman–Crippen MR) is 90.2 cm³/mol. The van der Waals surface area contributed by atoms with Crippen LogP contribution in [0.2, 0.25) is 0 Å². The Morgan fingerprint density at radius 1 is 0.917 bits per heavy atom. The Bertz CT molecular complexity index is 1290. The van der Waals surface area contributed by atoms with Crippen molar-refractivity contribution in [1.82, 2.24) is 19.7 Å². The summed E-state index contributed by atoms with van der Waals surface area (Å²) in [6.07, 6.45) is 3.27. The summed E-state index contributed by atoms with van der Waals surface area (Å²) in [4.78, 5) is 21.1. The van der Waals surface area contributed by atoms with Crippen LogP contribution in [0.1, 0.15) is 0 Å². The van der Waals surface area contributed by atoms with Crippen LogP contribution in [0.15, 0.2) is 70.1 Å². The lowest BCUT2D eigenvalue weighted by Crippen LogP contribution is -1.99. The van der Waals surface area contributed by atoms with Crippen LogP contribution in [0.5, 0.6) is 0 Å². The van der Waals surface area contributed by atoms with Crippen LogP contribution in [0, 0.1) is 0 Å². The van der Waals surface area contributed by atoms with E-state index in [9.17, 15) is 4.79 Å². The van der Waals surface area contributed by atoms with E-state index < -0.39 is 5.63 Å². The first kappa shape index (κ1) is 13.0. The fourth-order valence-electron chi connectivity index (χ4n) is 2.80. The zero-order valence-electron chi connectivity index (χ0n) is 12.4. The molecule has 0 bridgehead atoms. The van der Waals surface area contributed by atoms with E-state index >= 15 is 0 Å². The molecule has 0 aliphatic rings. The second-order valence-electron chi connectivity index (χ2n) is 5.44. The first-order chi connectivity index (χ1) is 11.8. The minimum absolute atomic E-state index is 0.413. The minimum atomic E-state index is -0.413. The Hall–Kier alpha value is -3.54. The predicted octanol–water partition coefficient (Wildman–Crippen LogP) is 3.08. The highest BCUT2D eigenvalue weighted by Gasteiger charge is 2.13. The lowest BCUT2D eigenvalue weighted by Gasteiger charge is -2.01. The second kappa shape index (κ2) is 4.73. The molecule has 0 unspecified atom stereocenters. The molecular weight excluding hydrogens is 304 g/mol. The zero-order valence-corrected chi connectivity index (χ0v) is 12.4. The van der Waals surface area contributed by atoms with E-state index in [4.69, 9.17) is 4.42 Å². The number of nitrogens with zero attached hydrogens (tertiary/aromatic N) is 4. The van der Waals surface area contributed by atoms with Gasteiger partial charge in [0, 0.05) is 11.6 Å². The molecule has 6 heteroatoms. The lowest BCUT2D eigenvalue weighted by atomic mass is 10.2. The average Bonchev–Trinajstić information content (AvgIpc) is 3.08. The highest BCUT2D eigenvalue weighted by molar-refractivity contribution is 6.01. The van der Waals surface area contributed by atoms with Gasteiger partial charge in [-0.1, -0.05) is 24.3 Å². The second-order valence-corrected chi connectivity index (χ2v) is 5.44. The summed E-state index contributed by atoms with van der Waals surface area (Å²) in [5, 5.41) is 5.74. The molecule has 0 radical (unpaired) electrons. The summed E-state index contributed by atoms with van der Waals surface area (Å²) in [6.45, 7) is 0. The maximum Gasteiger partial charge on any atom is 0.347 e. The molecule has 0 amide bonds. The minimum Gasteiger partial charge on any atom is -0.422 e. The number of hydrogen-bond donors (Lipinski definition) is 0. The Balaban J connectivity index is 1.81. The lowest BCUT2D eigenvalue weighted by molar-refractivity contribution is 0.569. The first-order valence-corrected chi connectivity index (χ1v) is 7.43. The molecule has 0 atom stereocenters. The van der Waals surface area contributed by atoms with Crippen LogP contribution in [-0.2, 0) is 0 Å². The van der Waals surface area contributed by atoms with Crippen LogP contribution in [0.25, 0.3) is 38.7 Å². The zero-order chi connectivity index (χ0) is 16.1. The Morgan fingerprint density at radius 3 is 2.62 bits per heavy atom. The van der Waals surface area contributed by atoms with E-state index in [-0.39, 0.29) is 0 Å². The molecule has 114 valence electrons. The number of para-hydroxylation sites is 3. The van der Waals surface area contributed by atoms with E-state index in [1.54, 1.807) is 23.1 Å². The third-order valence-corrected chi connectivity index (χ3v) is 3.95. The van der Waals surface area contributed by atoms with E-state index in [2.05, 4.69) is 15.1 Å². The maximum atomic E-state index is 12.2. The van der Waals surface area contributed by atoms with Gasteiger partial charge in [0.15, 0.2) is 5.82 Å². The Morgan fingerprint density at radius 2 is 1.71 bits per heavy atom. The molecule has 5 aromatic rings. The Kier molecular flexibility index (Phi) is 2.55. The topological polar surface area (TPSA) is 73.8 Å². The van der Waals surface area contributed by atoms with Gasteiger partial charge in [0.2, 0.25) is 0 Å². The normalized spacial score (nSPS) is 11.5. The summed E-state index contributed by atoms with van der Waals surface area (Å²) < 4.78 is 6.91. The largest absolute Gasteiger partial charge is 0.422 e. The molecule has 0 saturated carbocycles. The van der Waals surface area contributed by atoms with Gasteiger partial charge in [-0.15, -0.1) is 0 Å². The van der Waals surface area contributed by atoms with Crippen molar-refractivity contribution in [1.29, 1.82) is 0 Å². The molecule has 0 fully saturated rings. The molecule has 3 heterocycles. The van der Waals surface area contributed by atoms with Gasteiger partial charge in [-0.2, -0.15) is 5.10 Å². The number of aromatic nitrogens is 4. The average molecular weight is 314 g/mol. The number of hydrogen-bond acceptors (Lipinski definition) is 5. The quantitative estimate of drug-likeness (QED) is 0.445.